The highest BCUT2D eigenvalue weighted by Crippen LogP contribution is 2.31. The maximum Gasteiger partial charge on any atom is 0.192 e. The fourth-order valence-electron chi connectivity index (χ4n) is 3.13. The number of anilines is 1. The van der Waals surface area contributed by atoms with Crippen molar-refractivity contribution >= 4 is 11.7 Å². The summed E-state index contributed by atoms with van der Waals surface area (Å²) < 4.78 is 5.86. The van der Waals surface area contributed by atoms with Gasteiger partial charge in [0, 0.05) is 18.9 Å². The summed E-state index contributed by atoms with van der Waals surface area (Å²) in [6, 6.07) is 0.305. The second-order valence-electron chi connectivity index (χ2n) is 5.17. The molecule has 1 aromatic heterocycles. The molecule has 1 aromatic rings. The second-order valence-corrected chi connectivity index (χ2v) is 5.17. The molecule has 108 valence electrons. The van der Waals surface area contributed by atoms with Gasteiger partial charge in [0.15, 0.2) is 17.3 Å². The number of nitrogens with two attached hydrogens (primary N) is 1. The van der Waals surface area contributed by atoms with Gasteiger partial charge >= 0.3 is 0 Å². The fourth-order valence-corrected chi connectivity index (χ4v) is 3.13. The van der Waals surface area contributed by atoms with E-state index in [9.17, 15) is 0 Å². The minimum Gasteiger partial charge on any atom is -0.409 e. The van der Waals surface area contributed by atoms with E-state index < -0.39 is 0 Å². The smallest absolute Gasteiger partial charge is 0.192 e. The molecule has 2 unspecified atom stereocenters. The first-order valence-electron chi connectivity index (χ1n) is 6.98. The molecule has 3 N–H and O–H groups in total. The molecule has 1 saturated carbocycles. The topological polar surface area (TPSA) is 96.9 Å². The van der Waals surface area contributed by atoms with Gasteiger partial charge in [-0.05, 0) is 12.8 Å². The van der Waals surface area contributed by atoms with E-state index in [1.54, 1.807) is 12.4 Å². The Morgan fingerprint density at radius 2 is 2.15 bits per heavy atom. The van der Waals surface area contributed by atoms with Crippen LogP contribution < -0.4 is 10.6 Å². The van der Waals surface area contributed by atoms with Crippen LogP contribution in [0.25, 0.3) is 0 Å². The Bertz CT molecular complexity index is 505. The Labute approximate surface area is 117 Å². The van der Waals surface area contributed by atoms with Gasteiger partial charge in [-0.2, -0.15) is 0 Å². The number of morpholine rings is 1. The van der Waals surface area contributed by atoms with Gasteiger partial charge in [-0.1, -0.05) is 18.0 Å². The van der Waals surface area contributed by atoms with Gasteiger partial charge in [0.1, 0.15) is 0 Å². The van der Waals surface area contributed by atoms with E-state index in [0.717, 1.165) is 19.4 Å². The van der Waals surface area contributed by atoms with E-state index in [2.05, 4.69) is 20.0 Å². The Morgan fingerprint density at radius 3 is 3.00 bits per heavy atom. The molecule has 7 heteroatoms. The number of hydrogen-bond acceptors (Lipinski definition) is 6. The van der Waals surface area contributed by atoms with E-state index in [0.29, 0.717) is 24.2 Å². The summed E-state index contributed by atoms with van der Waals surface area (Å²) in [6.07, 6.45) is 8.01. The first-order chi connectivity index (χ1) is 9.81. The zero-order chi connectivity index (χ0) is 13.9. The van der Waals surface area contributed by atoms with Gasteiger partial charge in [-0.25, -0.2) is 9.97 Å². The van der Waals surface area contributed by atoms with Crippen molar-refractivity contribution in [2.24, 2.45) is 10.9 Å². The maximum absolute atomic E-state index is 8.90. The van der Waals surface area contributed by atoms with Crippen LogP contribution in [0.4, 0.5) is 5.82 Å². The summed E-state index contributed by atoms with van der Waals surface area (Å²) in [6.45, 7) is 1.43. The van der Waals surface area contributed by atoms with Gasteiger partial charge in [-0.3, -0.25) is 0 Å². The maximum atomic E-state index is 8.90. The van der Waals surface area contributed by atoms with Crippen LogP contribution in [0.3, 0.4) is 0 Å². The lowest BCUT2D eigenvalue weighted by molar-refractivity contribution is -0.00902. The van der Waals surface area contributed by atoms with Crippen LogP contribution in [0.2, 0.25) is 0 Å². The van der Waals surface area contributed by atoms with Crippen LogP contribution in [-0.4, -0.2) is 46.3 Å². The summed E-state index contributed by atoms with van der Waals surface area (Å²) in [5, 5.41) is 11.9. The molecule has 1 aliphatic heterocycles. The van der Waals surface area contributed by atoms with Crippen molar-refractivity contribution in [3.05, 3.63) is 18.1 Å². The molecular formula is C13H19N5O2. The summed E-state index contributed by atoms with van der Waals surface area (Å²) in [4.78, 5) is 10.8. The SMILES string of the molecule is NC(=NO)c1nccnc1N1CCOC2CCCCC21. The van der Waals surface area contributed by atoms with E-state index in [1.165, 1.54) is 12.8 Å². The molecule has 2 heterocycles. The first kappa shape index (κ1) is 13.1. The van der Waals surface area contributed by atoms with Crippen LogP contribution in [0.1, 0.15) is 31.4 Å². The van der Waals surface area contributed by atoms with Crippen molar-refractivity contribution in [2.75, 3.05) is 18.1 Å². The lowest BCUT2D eigenvalue weighted by Gasteiger charge is -2.44. The molecule has 2 atom stereocenters. The standard InChI is InChI=1S/C13H19N5O2/c14-12(17-19)11-13(16-6-5-15-11)18-7-8-20-10-4-2-1-3-9(10)18/h5-6,9-10,19H,1-4,7-8H2,(H2,14,17). The van der Waals surface area contributed by atoms with Gasteiger partial charge in [0.25, 0.3) is 0 Å². The number of amidine groups is 1. The number of fused-ring (bicyclic) bond motifs is 1. The third-order valence-corrected chi connectivity index (χ3v) is 4.03. The molecule has 0 aromatic carbocycles. The lowest BCUT2D eigenvalue weighted by Crippen LogP contribution is -2.53. The summed E-state index contributed by atoms with van der Waals surface area (Å²) in [7, 11) is 0. The van der Waals surface area contributed by atoms with Crippen molar-refractivity contribution < 1.29 is 9.94 Å². The number of nitrogens with zero attached hydrogens (tertiary/aromatic N) is 4. The molecule has 0 radical (unpaired) electrons. The Hall–Kier alpha value is -1.89. The summed E-state index contributed by atoms with van der Waals surface area (Å²) in [5.74, 6) is 0.676. The van der Waals surface area contributed by atoms with Crippen LogP contribution >= 0.6 is 0 Å². The highest BCUT2D eigenvalue weighted by molar-refractivity contribution is 5.99. The summed E-state index contributed by atoms with van der Waals surface area (Å²) in [5.41, 5.74) is 6.14. The normalized spacial score (nSPS) is 27.2. The first-order valence-corrected chi connectivity index (χ1v) is 6.98. The lowest BCUT2D eigenvalue weighted by atomic mass is 9.90. The van der Waals surface area contributed by atoms with Gasteiger partial charge in [-0.15, -0.1) is 0 Å². The van der Waals surface area contributed by atoms with Crippen LogP contribution in [-0.2, 0) is 4.74 Å². The molecule has 3 rings (SSSR count). The van der Waals surface area contributed by atoms with Crippen molar-refractivity contribution in [1.29, 1.82) is 0 Å². The number of rotatable bonds is 2. The van der Waals surface area contributed by atoms with E-state index in [4.69, 9.17) is 15.7 Å². The minimum absolute atomic E-state index is 0.00745. The van der Waals surface area contributed by atoms with Crippen molar-refractivity contribution in [1.82, 2.24) is 9.97 Å². The predicted molar refractivity (Wildman–Crippen MR) is 73.9 cm³/mol. The molecule has 0 bridgehead atoms. The van der Waals surface area contributed by atoms with E-state index in [-0.39, 0.29) is 11.9 Å². The van der Waals surface area contributed by atoms with Crippen LogP contribution in [0.15, 0.2) is 17.5 Å². The highest BCUT2D eigenvalue weighted by Gasteiger charge is 2.36. The number of aromatic nitrogens is 2. The molecule has 7 nitrogen and oxygen atoms in total. The van der Waals surface area contributed by atoms with Crippen LogP contribution in [0, 0.1) is 0 Å². The second kappa shape index (κ2) is 5.62. The number of ether oxygens (including phenoxy) is 1. The quantitative estimate of drug-likeness (QED) is 0.358. The monoisotopic (exact) mass is 277 g/mol. The molecule has 20 heavy (non-hydrogen) atoms. The Balaban J connectivity index is 1.95. The average molecular weight is 277 g/mol. The zero-order valence-corrected chi connectivity index (χ0v) is 11.3. The van der Waals surface area contributed by atoms with Gasteiger partial charge in [0.2, 0.25) is 0 Å². The average Bonchev–Trinajstić information content (AvgIpc) is 2.53. The molecule has 1 aliphatic carbocycles. The molecule has 2 aliphatic rings. The Kier molecular flexibility index (Phi) is 3.68. The number of hydrogen-bond donors (Lipinski definition) is 2. The van der Waals surface area contributed by atoms with Crippen molar-refractivity contribution in [3.63, 3.8) is 0 Å². The summed E-state index contributed by atoms with van der Waals surface area (Å²) >= 11 is 0. The van der Waals surface area contributed by atoms with E-state index >= 15 is 0 Å². The van der Waals surface area contributed by atoms with Gasteiger partial charge < -0.3 is 20.6 Å². The fraction of sp³-hybridized carbons (Fsp3) is 0.615. The van der Waals surface area contributed by atoms with E-state index in [1.807, 2.05) is 0 Å². The largest absolute Gasteiger partial charge is 0.409 e. The molecule has 0 spiro atoms. The third kappa shape index (κ3) is 2.29. The highest BCUT2D eigenvalue weighted by atomic mass is 16.5. The van der Waals surface area contributed by atoms with Gasteiger partial charge in [0.05, 0.1) is 18.8 Å². The Morgan fingerprint density at radius 1 is 1.35 bits per heavy atom. The third-order valence-electron chi connectivity index (χ3n) is 4.03. The molecule has 2 fully saturated rings. The van der Waals surface area contributed by atoms with Crippen LogP contribution in [0.5, 0.6) is 0 Å². The molecule has 0 amide bonds. The van der Waals surface area contributed by atoms with Crippen molar-refractivity contribution in [2.45, 2.75) is 37.8 Å². The molecule has 1 saturated heterocycles. The number of oxime groups is 1. The zero-order valence-electron chi connectivity index (χ0n) is 11.3. The molecular weight excluding hydrogens is 258 g/mol. The minimum atomic E-state index is -0.00745. The van der Waals surface area contributed by atoms with Crippen molar-refractivity contribution in [3.8, 4) is 0 Å². The predicted octanol–water partition coefficient (Wildman–Crippen LogP) is 0.719.